The predicted molar refractivity (Wildman–Crippen MR) is 51.5 cm³/mol. The van der Waals surface area contributed by atoms with Gasteiger partial charge in [0.1, 0.15) is 0 Å². The Balaban J connectivity index is 2.84. The number of primary amides is 1. The van der Waals surface area contributed by atoms with Crippen LogP contribution in [0.25, 0.3) is 0 Å². The van der Waals surface area contributed by atoms with Gasteiger partial charge in [0.2, 0.25) is 0 Å². The molecule has 70 valence electrons. The SMILES string of the molecule is CCCNc1cnccc1C(N)=O. The van der Waals surface area contributed by atoms with Gasteiger partial charge in [-0.05, 0) is 12.5 Å². The van der Waals surface area contributed by atoms with Crippen molar-refractivity contribution in [1.82, 2.24) is 4.98 Å². The number of hydrogen-bond acceptors (Lipinski definition) is 3. The number of aromatic nitrogens is 1. The normalized spacial score (nSPS) is 9.62. The molecule has 4 heteroatoms. The molecule has 0 aliphatic carbocycles. The van der Waals surface area contributed by atoms with Gasteiger partial charge in [0.15, 0.2) is 0 Å². The van der Waals surface area contributed by atoms with E-state index >= 15 is 0 Å². The molecule has 1 aromatic rings. The van der Waals surface area contributed by atoms with Crippen LogP contribution in [0.2, 0.25) is 0 Å². The summed E-state index contributed by atoms with van der Waals surface area (Å²) in [5.41, 5.74) is 6.37. The van der Waals surface area contributed by atoms with E-state index in [0.717, 1.165) is 13.0 Å². The summed E-state index contributed by atoms with van der Waals surface area (Å²) in [5, 5.41) is 3.08. The van der Waals surface area contributed by atoms with Gasteiger partial charge in [-0.1, -0.05) is 6.92 Å². The molecule has 1 heterocycles. The van der Waals surface area contributed by atoms with Crippen LogP contribution < -0.4 is 11.1 Å². The molecule has 0 saturated carbocycles. The second kappa shape index (κ2) is 4.45. The van der Waals surface area contributed by atoms with Gasteiger partial charge in [-0.25, -0.2) is 0 Å². The molecular weight excluding hydrogens is 166 g/mol. The molecule has 0 fully saturated rings. The summed E-state index contributed by atoms with van der Waals surface area (Å²) >= 11 is 0. The maximum Gasteiger partial charge on any atom is 0.250 e. The van der Waals surface area contributed by atoms with E-state index in [2.05, 4.69) is 10.3 Å². The third-order valence-electron chi connectivity index (χ3n) is 1.65. The van der Waals surface area contributed by atoms with Crippen LogP contribution in [0.4, 0.5) is 5.69 Å². The number of hydrogen-bond donors (Lipinski definition) is 2. The quantitative estimate of drug-likeness (QED) is 0.724. The lowest BCUT2D eigenvalue weighted by Crippen LogP contribution is -2.14. The minimum atomic E-state index is -0.430. The Morgan fingerprint density at radius 2 is 2.46 bits per heavy atom. The van der Waals surface area contributed by atoms with Crippen LogP contribution in [-0.4, -0.2) is 17.4 Å². The Labute approximate surface area is 77.2 Å². The third kappa shape index (κ3) is 2.43. The minimum absolute atomic E-state index is 0.430. The topological polar surface area (TPSA) is 68.0 Å². The van der Waals surface area contributed by atoms with Crippen molar-refractivity contribution in [1.29, 1.82) is 0 Å². The first kappa shape index (κ1) is 9.51. The maximum atomic E-state index is 10.9. The number of nitrogens with one attached hydrogen (secondary N) is 1. The van der Waals surface area contributed by atoms with Gasteiger partial charge in [0.25, 0.3) is 5.91 Å². The zero-order chi connectivity index (χ0) is 9.68. The first-order valence-electron chi connectivity index (χ1n) is 4.23. The van der Waals surface area contributed by atoms with E-state index in [1.807, 2.05) is 6.92 Å². The lowest BCUT2D eigenvalue weighted by molar-refractivity contribution is 0.100. The van der Waals surface area contributed by atoms with E-state index in [-0.39, 0.29) is 0 Å². The summed E-state index contributed by atoms with van der Waals surface area (Å²) in [4.78, 5) is 14.8. The fraction of sp³-hybridized carbons (Fsp3) is 0.333. The highest BCUT2D eigenvalue weighted by atomic mass is 16.1. The zero-order valence-electron chi connectivity index (χ0n) is 7.58. The van der Waals surface area contributed by atoms with Crippen LogP contribution in [0.5, 0.6) is 0 Å². The van der Waals surface area contributed by atoms with Crippen molar-refractivity contribution in [3.05, 3.63) is 24.0 Å². The fourth-order valence-electron chi connectivity index (χ4n) is 1.01. The van der Waals surface area contributed by atoms with Crippen molar-refractivity contribution in [3.8, 4) is 0 Å². The number of amides is 1. The van der Waals surface area contributed by atoms with E-state index in [4.69, 9.17) is 5.73 Å². The number of nitrogens with two attached hydrogens (primary N) is 1. The summed E-state index contributed by atoms with van der Waals surface area (Å²) in [5.74, 6) is -0.430. The van der Waals surface area contributed by atoms with Crippen molar-refractivity contribution in [2.45, 2.75) is 13.3 Å². The lowest BCUT2D eigenvalue weighted by Gasteiger charge is -2.07. The summed E-state index contributed by atoms with van der Waals surface area (Å²) in [6.45, 7) is 2.86. The fourth-order valence-corrected chi connectivity index (χ4v) is 1.01. The van der Waals surface area contributed by atoms with Gasteiger partial charge in [-0.2, -0.15) is 0 Å². The number of pyridine rings is 1. The van der Waals surface area contributed by atoms with E-state index in [1.165, 1.54) is 0 Å². The maximum absolute atomic E-state index is 10.9. The number of rotatable bonds is 4. The molecule has 0 aliphatic rings. The van der Waals surface area contributed by atoms with Crippen LogP contribution >= 0.6 is 0 Å². The van der Waals surface area contributed by atoms with Gasteiger partial charge in [-0.15, -0.1) is 0 Å². The molecule has 0 atom stereocenters. The van der Waals surface area contributed by atoms with E-state index in [1.54, 1.807) is 18.5 Å². The molecule has 0 spiro atoms. The zero-order valence-corrected chi connectivity index (χ0v) is 7.58. The number of nitrogens with zero attached hydrogens (tertiary/aromatic N) is 1. The van der Waals surface area contributed by atoms with Crippen molar-refractivity contribution < 1.29 is 4.79 Å². The molecule has 4 nitrogen and oxygen atoms in total. The van der Waals surface area contributed by atoms with Gasteiger partial charge >= 0.3 is 0 Å². The molecule has 1 amide bonds. The Kier molecular flexibility index (Phi) is 3.25. The smallest absolute Gasteiger partial charge is 0.250 e. The largest absolute Gasteiger partial charge is 0.383 e. The van der Waals surface area contributed by atoms with Crippen LogP contribution in [-0.2, 0) is 0 Å². The second-order valence-corrected chi connectivity index (χ2v) is 2.71. The predicted octanol–water partition coefficient (Wildman–Crippen LogP) is 1.00. The first-order chi connectivity index (χ1) is 6.25. The molecule has 3 N–H and O–H groups in total. The molecule has 0 aliphatic heterocycles. The van der Waals surface area contributed by atoms with Gasteiger partial charge in [0, 0.05) is 12.7 Å². The summed E-state index contributed by atoms with van der Waals surface area (Å²) in [6.07, 6.45) is 4.15. The Bertz CT molecular complexity index is 299. The van der Waals surface area contributed by atoms with Crippen molar-refractivity contribution in [2.24, 2.45) is 5.73 Å². The van der Waals surface area contributed by atoms with Crippen LogP contribution in [0, 0.1) is 0 Å². The standard InChI is InChI=1S/C9H13N3O/c1-2-4-12-8-6-11-5-3-7(8)9(10)13/h3,5-6,12H,2,4H2,1H3,(H2,10,13). The molecule has 13 heavy (non-hydrogen) atoms. The summed E-state index contributed by atoms with van der Waals surface area (Å²) in [6, 6.07) is 1.61. The van der Waals surface area contributed by atoms with Crippen molar-refractivity contribution >= 4 is 11.6 Å². The molecule has 0 aromatic carbocycles. The van der Waals surface area contributed by atoms with Gasteiger partial charge in [-0.3, -0.25) is 9.78 Å². The van der Waals surface area contributed by atoms with Crippen molar-refractivity contribution in [3.63, 3.8) is 0 Å². The molecule has 0 bridgehead atoms. The molecular formula is C9H13N3O. The highest BCUT2D eigenvalue weighted by molar-refractivity contribution is 5.98. The van der Waals surface area contributed by atoms with Gasteiger partial charge in [0.05, 0.1) is 17.4 Å². The van der Waals surface area contributed by atoms with E-state index in [9.17, 15) is 4.79 Å². The number of carbonyl (C=O) groups excluding carboxylic acids is 1. The Hall–Kier alpha value is -1.58. The molecule has 1 rings (SSSR count). The Morgan fingerprint density at radius 3 is 3.08 bits per heavy atom. The summed E-state index contributed by atoms with van der Waals surface area (Å²) in [7, 11) is 0. The van der Waals surface area contributed by atoms with Crippen molar-refractivity contribution in [2.75, 3.05) is 11.9 Å². The average Bonchev–Trinajstić information content (AvgIpc) is 2.15. The molecule has 0 unspecified atom stereocenters. The van der Waals surface area contributed by atoms with Crippen LogP contribution in [0.1, 0.15) is 23.7 Å². The summed E-state index contributed by atoms with van der Waals surface area (Å²) < 4.78 is 0. The molecule has 1 aromatic heterocycles. The molecule has 0 radical (unpaired) electrons. The number of carbonyl (C=O) groups is 1. The first-order valence-corrected chi connectivity index (χ1v) is 4.23. The molecule has 0 saturated heterocycles. The van der Waals surface area contributed by atoms with Crippen LogP contribution in [0.15, 0.2) is 18.5 Å². The van der Waals surface area contributed by atoms with E-state index < -0.39 is 5.91 Å². The van der Waals surface area contributed by atoms with Crippen LogP contribution in [0.3, 0.4) is 0 Å². The third-order valence-corrected chi connectivity index (χ3v) is 1.65. The Morgan fingerprint density at radius 1 is 1.69 bits per heavy atom. The van der Waals surface area contributed by atoms with Gasteiger partial charge < -0.3 is 11.1 Å². The monoisotopic (exact) mass is 179 g/mol. The lowest BCUT2D eigenvalue weighted by atomic mass is 10.2. The second-order valence-electron chi connectivity index (χ2n) is 2.71. The average molecular weight is 179 g/mol. The highest BCUT2D eigenvalue weighted by Gasteiger charge is 2.05. The highest BCUT2D eigenvalue weighted by Crippen LogP contribution is 2.11. The number of anilines is 1. The minimum Gasteiger partial charge on any atom is -0.383 e. The van der Waals surface area contributed by atoms with E-state index in [0.29, 0.717) is 11.3 Å².